The molecule has 0 saturated heterocycles. The van der Waals surface area contributed by atoms with E-state index in [9.17, 15) is 13.2 Å². The number of hydrogen-bond acceptors (Lipinski definition) is 5. The maximum atomic E-state index is 11.8. The number of hydrogen-bond donors (Lipinski definition) is 2. The first-order valence-electron chi connectivity index (χ1n) is 5.47. The van der Waals surface area contributed by atoms with Crippen LogP contribution in [0.3, 0.4) is 0 Å². The summed E-state index contributed by atoms with van der Waals surface area (Å²) < 4.78 is 32.7. The number of ether oxygens (including phenoxy) is 1. The molecule has 0 radical (unpaired) electrons. The smallest absolute Gasteiger partial charge is 0.291 e. The lowest BCUT2D eigenvalue weighted by Crippen LogP contribution is -2.15. The fourth-order valence-corrected chi connectivity index (χ4v) is 2.30. The molecule has 0 spiro atoms. The summed E-state index contributed by atoms with van der Waals surface area (Å²) in [4.78, 5) is 11.6. The van der Waals surface area contributed by atoms with Gasteiger partial charge in [0, 0.05) is 5.69 Å². The average molecular weight is 296 g/mol. The highest BCUT2D eigenvalue weighted by atomic mass is 32.2. The fourth-order valence-electron chi connectivity index (χ4n) is 1.58. The number of benzene rings is 1. The van der Waals surface area contributed by atoms with Crippen LogP contribution in [0.4, 0.5) is 5.69 Å². The van der Waals surface area contributed by atoms with Gasteiger partial charge in [0.25, 0.3) is 5.91 Å². The molecule has 0 aliphatic heterocycles. The first kappa shape index (κ1) is 14.1. The van der Waals surface area contributed by atoms with Crippen LogP contribution in [-0.2, 0) is 10.0 Å². The van der Waals surface area contributed by atoms with Crippen molar-refractivity contribution in [3.05, 3.63) is 42.4 Å². The van der Waals surface area contributed by atoms with Crippen LogP contribution in [0.15, 0.2) is 45.9 Å². The third kappa shape index (κ3) is 2.98. The van der Waals surface area contributed by atoms with Crippen molar-refractivity contribution < 1.29 is 22.4 Å². The number of methoxy groups -OCH3 is 1. The van der Waals surface area contributed by atoms with Gasteiger partial charge < -0.3 is 14.5 Å². The Morgan fingerprint density at radius 2 is 2.10 bits per heavy atom. The normalized spacial score (nSPS) is 11.1. The summed E-state index contributed by atoms with van der Waals surface area (Å²) in [6.45, 7) is 0. The molecule has 1 aromatic carbocycles. The molecule has 106 valence electrons. The minimum Gasteiger partial charge on any atom is -0.495 e. The first-order chi connectivity index (χ1) is 9.41. The molecule has 1 aromatic heterocycles. The number of carbonyl (C=O) groups is 1. The van der Waals surface area contributed by atoms with E-state index >= 15 is 0 Å². The highest BCUT2D eigenvalue weighted by Crippen LogP contribution is 2.26. The minimum atomic E-state index is -3.96. The van der Waals surface area contributed by atoms with Gasteiger partial charge in [0.05, 0.1) is 13.4 Å². The Kier molecular flexibility index (Phi) is 3.77. The Labute approximate surface area is 115 Å². The van der Waals surface area contributed by atoms with Gasteiger partial charge in [-0.3, -0.25) is 4.79 Å². The van der Waals surface area contributed by atoms with Gasteiger partial charge in [-0.15, -0.1) is 0 Å². The van der Waals surface area contributed by atoms with Crippen LogP contribution in [0.25, 0.3) is 0 Å². The maximum Gasteiger partial charge on any atom is 0.291 e. The number of carbonyl (C=O) groups excluding carboxylic acids is 1. The van der Waals surface area contributed by atoms with E-state index in [2.05, 4.69) is 5.32 Å². The van der Waals surface area contributed by atoms with Gasteiger partial charge in [-0.25, -0.2) is 13.6 Å². The molecule has 2 aromatic rings. The summed E-state index contributed by atoms with van der Waals surface area (Å²) in [5.74, 6) is -0.290. The number of furan rings is 1. The zero-order chi connectivity index (χ0) is 14.8. The third-order valence-corrected chi connectivity index (χ3v) is 3.41. The van der Waals surface area contributed by atoms with Crippen LogP contribution in [0.2, 0.25) is 0 Å². The highest BCUT2D eigenvalue weighted by Gasteiger charge is 2.17. The SMILES string of the molecule is COc1ccc(NC(=O)c2ccco2)cc1S(N)(=O)=O. The Morgan fingerprint density at radius 3 is 2.65 bits per heavy atom. The quantitative estimate of drug-likeness (QED) is 0.880. The lowest BCUT2D eigenvalue weighted by Gasteiger charge is -2.09. The Morgan fingerprint density at radius 1 is 1.35 bits per heavy atom. The molecule has 7 nitrogen and oxygen atoms in total. The van der Waals surface area contributed by atoms with Gasteiger partial charge in [0.1, 0.15) is 10.6 Å². The van der Waals surface area contributed by atoms with Crippen molar-refractivity contribution in [2.24, 2.45) is 5.14 Å². The maximum absolute atomic E-state index is 11.8. The van der Waals surface area contributed by atoms with Crippen molar-refractivity contribution in [1.29, 1.82) is 0 Å². The Balaban J connectivity index is 2.33. The summed E-state index contributed by atoms with van der Waals surface area (Å²) >= 11 is 0. The third-order valence-electron chi connectivity index (χ3n) is 2.47. The van der Waals surface area contributed by atoms with Crippen LogP contribution in [0.5, 0.6) is 5.75 Å². The second kappa shape index (κ2) is 5.35. The summed E-state index contributed by atoms with van der Waals surface area (Å²) in [7, 11) is -2.63. The van der Waals surface area contributed by atoms with Crippen LogP contribution < -0.4 is 15.2 Å². The second-order valence-electron chi connectivity index (χ2n) is 3.84. The minimum absolute atomic E-state index is 0.100. The Bertz CT molecular complexity index is 722. The standard InChI is InChI=1S/C12H12N2O5S/c1-18-9-5-4-8(7-11(9)20(13,16)17)14-12(15)10-3-2-6-19-10/h2-7H,1H3,(H,14,15)(H2,13,16,17). The number of sulfonamides is 1. The molecule has 0 aliphatic rings. The molecule has 2 rings (SSSR count). The van der Waals surface area contributed by atoms with Gasteiger partial charge >= 0.3 is 0 Å². The molecule has 0 saturated carbocycles. The van der Waals surface area contributed by atoms with Crippen molar-refractivity contribution in [3.8, 4) is 5.75 Å². The summed E-state index contributed by atoms with van der Waals surface area (Å²) in [5.41, 5.74) is 0.260. The van der Waals surface area contributed by atoms with Crippen LogP contribution in [0, 0.1) is 0 Å². The van der Waals surface area contributed by atoms with Gasteiger partial charge in [0.15, 0.2) is 5.76 Å². The lowest BCUT2D eigenvalue weighted by molar-refractivity contribution is 0.0996. The molecule has 20 heavy (non-hydrogen) atoms. The fraction of sp³-hybridized carbons (Fsp3) is 0.0833. The zero-order valence-corrected chi connectivity index (χ0v) is 11.3. The molecule has 0 unspecified atom stereocenters. The van der Waals surface area contributed by atoms with Gasteiger partial charge in [0.2, 0.25) is 10.0 Å². The predicted molar refractivity (Wildman–Crippen MR) is 71.0 cm³/mol. The molecular weight excluding hydrogens is 284 g/mol. The van der Waals surface area contributed by atoms with E-state index in [1.54, 1.807) is 6.07 Å². The summed E-state index contributed by atoms with van der Waals surface area (Å²) in [5, 5.41) is 7.59. The van der Waals surface area contributed by atoms with Gasteiger partial charge in [-0.05, 0) is 30.3 Å². The molecule has 1 heterocycles. The molecule has 8 heteroatoms. The van der Waals surface area contributed by atoms with E-state index in [0.717, 1.165) is 0 Å². The molecule has 0 bridgehead atoms. The van der Waals surface area contributed by atoms with Crippen molar-refractivity contribution in [2.45, 2.75) is 4.90 Å². The number of primary sulfonamides is 1. The Hall–Kier alpha value is -2.32. The summed E-state index contributed by atoms with van der Waals surface area (Å²) in [6, 6.07) is 7.17. The van der Waals surface area contributed by atoms with Crippen molar-refractivity contribution in [3.63, 3.8) is 0 Å². The van der Waals surface area contributed by atoms with Crippen LogP contribution in [0.1, 0.15) is 10.6 Å². The monoisotopic (exact) mass is 296 g/mol. The number of nitrogens with one attached hydrogen (secondary N) is 1. The zero-order valence-electron chi connectivity index (χ0n) is 10.5. The van der Waals surface area contributed by atoms with Crippen LogP contribution in [-0.4, -0.2) is 21.4 Å². The number of amides is 1. The van der Waals surface area contributed by atoms with E-state index in [1.807, 2.05) is 0 Å². The largest absolute Gasteiger partial charge is 0.495 e. The lowest BCUT2D eigenvalue weighted by atomic mass is 10.3. The molecular formula is C12H12N2O5S. The van der Waals surface area contributed by atoms with Crippen molar-refractivity contribution >= 4 is 21.6 Å². The van der Waals surface area contributed by atoms with Crippen LogP contribution >= 0.6 is 0 Å². The highest BCUT2D eigenvalue weighted by molar-refractivity contribution is 7.89. The van der Waals surface area contributed by atoms with E-state index in [0.29, 0.717) is 0 Å². The van der Waals surface area contributed by atoms with E-state index in [4.69, 9.17) is 14.3 Å². The number of rotatable bonds is 4. The molecule has 3 N–H and O–H groups in total. The number of anilines is 1. The second-order valence-corrected chi connectivity index (χ2v) is 5.37. The molecule has 0 aliphatic carbocycles. The number of nitrogens with two attached hydrogens (primary N) is 1. The van der Waals surface area contributed by atoms with E-state index in [-0.39, 0.29) is 22.1 Å². The molecule has 1 amide bonds. The van der Waals surface area contributed by atoms with Crippen molar-refractivity contribution in [2.75, 3.05) is 12.4 Å². The summed E-state index contributed by atoms with van der Waals surface area (Å²) in [6.07, 6.45) is 1.36. The van der Waals surface area contributed by atoms with E-state index < -0.39 is 15.9 Å². The van der Waals surface area contributed by atoms with Crippen molar-refractivity contribution in [1.82, 2.24) is 0 Å². The molecule has 0 fully saturated rings. The topological polar surface area (TPSA) is 112 Å². The van der Waals surface area contributed by atoms with E-state index in [1.165, 1.54) is 37.6 Å². The molecule has 0 atom stereocenters. The predicted octanol–water partition coefficient (Wildman–Crippen LogP) is 1.19. The van der Waals surface area contributed by atoms with Gasteiger partial charge in [-0.1, -0.05) is 0 Å². The average Bonchev–Trinajstić information content (AvgIpc) is 2.91. The van der Waals surface area contributed by atoms with Gasteiger partial charge in [-0.2, -0.15) is 0 Å². The first-order valence-corrected chi connectivity index (χ1v) is 7.02.